The summed E-state index contributed by atoms with van der Waals surface area (Å²) in [6, 6.07) is 7.51. The highest BCUT2D eigenvalue weighted by molar-refractivity contribution is 7.90. The Morgan fingerprint density at radius 1 is 1.48 bits per heavy atom. The van der Waals surface area contributed by atoms with E-state index in [9.17, 15) is 8.42 Å². The van der Waals surface area contributed by atoms with E-state index in [1.807, 2.05) is 36.4 Å². The van der Waals surface area contributed by atoms with Gasteiger partial charge in [-0.15, -0.1) is 0 Å². The van der Waals surface area contributed by atoms with Crippen molar-refractivity contribution < 1.29 is 17.9 Å². The molecule has 1 aromatic carbocycles. The molecular weight excluding hydrogens is 290 g/mol. The van der Waals surface area contributed by atoms with Gasteiger partial charge < -0.3 is 9.47 Å². The smallest absolute Gasteiger partial charge is 0.220 e. The van der Waals surface area contributed by atoms with Gasteiger partial charge in [-0.2, -0.15) is 4.31 Å². The zero-order valence-electron chi connectivity index (χ0n) is 11.7. The Morgan fingerprint density at radius 2 is 2.33 bits per heavy atom. The Morgan fingerprint density at radius 3 is 3.05 bits per heavy atom. The van der Waals surface area contributed by atoms with Crippen molar-refractivity contribution in [3.63, 3.8) is 0 Å². The maximum Gasteiger partial charge on any atom is 0.220 e. The Balaban J connectivity index is 1.63. The van der Waals surface area contributed by atoms with Crippen LogP contribution in [-0.4, -0.2) is 43.3 Å². The lowest BCUT2D eigenvalue weighted by atomic mass is 9.94. The van der Waals surface area contributed by atoms with Crippen LogP contribution in [0.3, 0.4) is 0 Å². The second-order valence-electron chi connectivity index (χ2n) is 5.86. The van der Waals surface area contributed by atoms with Gasteiger partial charge in [-0.1, -0.05) is 24.3 Å². The van der Waals surface area contributed by atoms with Crippen molar-refractivity contribution in [3.05, 3.63) is 42.0 Å². The summed E-state index contributed by atoms with van der Waals surface area (Å²) in [7, 11) is -1.70. The van der Waals surface area contributed by atoms with Gasteiger partial charge in [0, 0.05) is 13.1 Å². The summed E-state index contributed by atoms with van der Waals surface area (Å²) in [6.45, 7) is 0.768. The van der Waals surface area contributed by atoms with Gasteiger partial charge in [0.15, 0.2) is 0 Å². The van der Waals surface area contributed by atoms with E-state index >= 15 is 0 Å². The molecule has 2 fully saturated rings. The molecular formula is C15H17NO4S. The van der Waals surface area contributed by atoms with Gasteiger partial charge in [0.1, 0.15) is 16.6 Å². The normalized spacial score (nSPS) is 36.0. The summed E-state index contributed by atoms with van der Waals surface area (Å²) in [4.78, 5) is 0. The molecule has 3 aliphatic heterocycles. The zero-order valence-corrected chi connectivity index (χ0v) is 12.5. The quantitative estimate of drug-likeness (QED) is 0.790. The average molecular weight is 307 g/mol. The second-order valence-corrected chi connectivity index (χ2v) is 7.97. The molecule has 0 aromatic heterocycles. The number of ether oxygens (including phenoxy) is 2. The maximum absolute atomic E-state index is 12.7. The number of rotatable bonds is 3. The Bertz CT molecular complexity index is 714. The van der Waals surface area contributed by atoms with Gasteiger partial charge >= 0.3 is 0 Å². The molecule has 0 radical (unpaired) electrons. The fourth-order valence-corrected chi connectivity index (χ4v) is 5.80. The van der Waals surface area contributed by atoms with E-state index in [0.717, 1.165) is 11.3 Å². The highest BCUT2D eigenvalue weighted by Gasteiger charge is 2.63. The molecule has 4 rings (SSSR count). The van der Waals surface area contributed by atoms with Crippen molar-refractivity contribution in [2.24, 2.45) is 0 Å². The monoisotopic (exact) mass is 307 g/mol. The molecule has 0 N–H and O–H groups in total. The van der Waals surface area contributed by atoms with E-state index in [0.29, 0.717) is 19.5 Å². The Hall–Kier alpha value is -1.37. The number of methoxy groups -OCH3 is 1. The number of nitrogens with zero attached hydrogens (tertiary/aromatic N) is 1. The van der Waals surface area contributed by atoms with Crippen molar-refractivity contribution in [1.82, 2.24) is 4.31 Å². The third kappa shape index (κ3) is 1.86. The Kier molecular flexibility index (Phi) is 2.73. The van der Waals surface area contributed by atoms with E-state index in [2.05, 4.69) is 0 Å². The van der Waals surface area contributed by atoms with Crippen LogP contribution in [0.5, 0.6) is 5.75 Å². The third-order valence-corrected chi connectivity index (χ3v) is 6.88. The van der Waals surface area contributed by atoms with Crippen LogP contribution in [0.15, 0.2) is 36.4 Å². The number of fused-ring (bicyclic) bond motifs is 1. The largest absolute Gasteiger partial charge is 0.497 e. The molecule has 21 heavy (non-hydrogen) atoms. The van der Waals surface area contributed by atoms with Crippen LogP contribution < -0.4 is 4.74 Å². The van der Waals surface area contributed by atoms with E-state index in [1.165, 1.54) is 0 Å². The first-order valence-electron chi connectivity index (χ1n) is 7.03. The molecule has 0 amide bonds. The molecule has 2 bridgehead atoms. The van der Waals surface area contributed by atoms with Crippen molar-refractivity contribution in [1.29, 1.82) is 0 Å². The molecule has 1 aromatic rings. The van der Waals surface area contributed by atoms with Crippen molar-refractivity contribution in [2.45, 2.75) is 29.9 Å². The van der Waals surface area contributed by atoms with Crippen molar-refractivity contribution >= 4 is 10.0 Å². The lowest BCUT2D eigenvalue weighted by Gasteiger charge is -2.19. The molecule has 112 valence electrons. The second kappa shape index (κ2) is 4.32. The van der Waals surface area contributed by atoms with Crippen LogP contribution in [0.25, 0.3) is 0 Å². The van der Waals surface area contributed by atoms with Gasteiger partial charge in [-0.3, -0.25) is 0 Å². The number of sulfonamides is 1. The highest BCUT2D eigenvalue weighted by Crippen LogP contribution is 2.48. The summed E-state index contributed by atoms with van der Waals surface area (Å²) in [6.07, 6.45) is 4.48. The minimum absolute atomic E-state index is 0.0243. The van der Waals surface area contributed by atoms with Gasteiger partial charge in [-0.05, 0) is 24.1 Å². The van der Waals surface area contributed by atoms with E-state index < -0.39 is 20.9 Å². The van der Waals surface area contributed by atoms with Crippen LogP contribution in [0.4, 0.5) is 0 Å². The first-order valence-corrected chi connectivity index (χ1v) is 8.53. The molecule has 0 saturated carbocycles. The summed E-state index contributed by atoms with van der Waals surface area (Å²) < 4.78 is 38.0. The molecule has 6 heteroatoms. The topological polar surface area (TPSA) is 55.8 Å². The minimum atomic E-state index is -3.31. The van der Waals surface area contributed by atoms with Gasteiger partial charge in [0.25, 0.3) is 0 Å². The molecule has 3 atom stereocenters. The van der Waals surface area contributed by atoms with Gasteiger partial charge in [0.05, 0.1) is 13.2 Å². The van der Waals surface area contributed by atoms with Gasteiger partial charge in [-0.25, -0.2) is 8.42 Å². The predicted molar refractivity (Wildman–Crippen MR) is 77.5 cm³/mol. The number of benzene rings is 1. The molecule has 0 unspecified atom stereocenters. The summed E-state index contributed by atoms with van der Waals surface area (Å²) in [5, 5.41) is -0.425. The fourth-order valence-electron chi connectivity index (χ4n) is 3.58. The van der Waals surface area contributed by atoms with Crippen molar-refractivity contribution in [2.75, 3.05) is 13.7 Å². The highest BCUT2D eigenvalue weighted by atomic mass is 32.2. The van der Waals surface area contributed by atoms with Crippen molar-refractivity contribution in [3.8, 4) is 5.75 Å². The average Bonchev–Trinajstić information content (AvgIpc) is 3.09. The molecule has 3 heterocycles. The van der Waals surface area contributed by atoms with Crippen LogP contribution in [-0.2, 0) is 21.3 Å². The maximum atomic E-state index is 12.7. The molecule has 3 aliphatic rings. The molecule has 0 aliphatic carbocycles. The predicted octanol–water partition coefficient (Wildman–Crippen LogP) is 1.31. The molecule has 1 spiro atoms. The third-order valence-electron chi connectivity index (χ3n) is 4.59. The van der Waals surface area contributed by atoms with E-state index in [-0.39, 0.29) is 6.10 Å². The van der Waals surface area contributed by atoms with Crippen LogP contribution in [0.1, 0.15) is 12.0 Å². The first kappa shape index (κ1) is 13.3. The fraction of sp³-hybridized carbons (Fsp3) is 0.467. The molecule has 2 saturated heterocycles. The van der Waals surface area contributed by atoms with Crippen LogP contribution in [0, 0.1) is 0 Å². The lowest BCUT2D eigenvalue weighted by Crippen LogP contribution is -2.36. The zero-order chi connectivity index (χ0) is 14.7. The number of hydrogen-bond donors (Lipinski definition) is 0. The SMILES string of the molecule is COc1cccc(CN2C[C@@]34C=C[C@@H](C[C@@H]3S2(=O)=O)O4)c1. The standard InChI is InChI=1S/C15H17NO4S/c1-19-12-4-2-3-11(7-12)9-16-10-15-6-5-13(20-15)8-14(15)21(16,17)18/h2-7,13-14H,8-10H2,1H3/t13-,14-,15-/m0/s1. The van der Waals surface area contributed by atoms with Crippen LogP contribution >= 0.6 is 0 Å². The van der Waals surface area contributed by atoms with Crippen LogP contribution in [0.2, 0.25) is 0 Å². The molecule has 5 nitrogen and oxygen atoms in total. The first-order chi connectivity index (χ1) is 10.0. The number of hydrogen-bond acceptors (Lipinski definition) is 4. The Labute approximate surface area is 124 Å². The summed E-state index contributed by atoms with van der Waals surface area (Å²) in [5.74, 6) is 0.736. The summed E-state index contributed by atoms with van der Waals surface area (Å²) >= 11 is 0. The minimum Gasteiger partial charge on any atom is -0.497 e. The lowest BCUT2D eigenvalue weighted by molar-refractivity contribution is 0.0298. The van der Waals surface area contributed by atoms with E-state index in [4.69, 9.17) is 9.47 Å². The van der Waals surface area contributed by atoms with E-state index in [1.54, 1.807) is 11.4 Å². The summed E-state index contributed by atoms with van der Waals surface area (Å²) in [5.41, 5.74) is 0.301. The van der Waals surface area contributed by atoms with Gasteiger partial charge in [0.2, 0.25) is 10.0 Å².